The molecule has 0 aromatic heterocycles. The molecule has 1 N–H and O–H groups in total. The Labute approximate surface area is 146 Å². The fourth-order valence-corrected chi connectivity index (χ4v) is 2.30. The van der Waals surface area contributed by atoms with E-state index in [0.717, 1.165) is 5.75 Å². The molecule has 6 heteroatoms. The third kappa shape index (κ3) is 5.75. The SMILES string of the molecule is CN(CCOc1ccccc1)CC(=O)Nc1cccc(Cl)c1Cl. The van der Waals surface area contributed by atoms with Crippen molar-refractivity contribution in [3.63, 3.8) is 0 Å². The van der Waals surface area contributed by atoms with Gasteiger partial charge >= 0.3 is 0 Å². The zero-order valence-corrected chi connectivity index (χ0v) is 14.3. The van der Waals surface area contributed by atoms with Gasteiger partial charge in [-0.05, 0) is 31.3 Å². The first-order chi connectivity index (χ1) is 11.1. The number of hydrogen-bond acceptors (Lipinski definition) is 3. The van der Waals surface area contributed by atoms with Crippen molar-refractivity contribution in [2.45, 2.75) is 0 Å². The Morgan fingerprint density at radius 3 is 2.61 bits per heavy atom. The highest BCUT2D eigenvalue weighted by atomic mass is 35.5. The third-order valence-electron chi connectivity index (χ3n) is 3.12. The minimum absolute atomic E-state index is 0.156. The number of hydrogen-bond donors (Lipinski definition) is 1. The van der Waals surface area contributed by atoms with E-state index < -0.39 is 0 Å². The lowest BCUT2D eigenvalue weighted by atomic mass is 10.3. The number of nitrogens with one attached hydrogen (secondary N) is 1. The van der Waals surface area contributed by atoms with E-state index in [9.17, 15) is 4.79 Å². The molecule has 0 atom stereocenters. The Hall–Kier alpha value is -1.75. The normalized spacial score (nSPS) is 10.6. The molecule has 1 amide bonds. The maximum atomic E-state index is 12.0. The maximum absolute atomic E-state index is 12.0. The number of anilines is 1. The summed E-state index contributed by atoms with van der Waals surface area (Å²) in [6, 6.07) is 14.7. The van der Waals surface area contributed by atoms with Gasteiger partial charge in [0.1, 0.15) is 12.4 Å². The summed E-state index contributed by atoms with van der Waals surface area (Å²) in [5.41, 5.74) is 0.512. The fraction of sp³-hybridized carbons (Fsp3) is 0.235. The molecule has 0 aliphatic carbocycles. The summed E-state index contributed by atoms with van der Waals surface area (Å²) in [7, 11) is 1.85. The summed E-state index contributed by atoms with van der Waals surface area (Å²) >= 11 is 12.0. The van der Waals surface area contributed by atoms with E-state index in [1.54, 1.807) is 18.2 Å². The summed E-state index contributed by atoms with van der Waals surface area (Å²) in [6.07, 6.45) is 0. The monoisotopic (exact) mass is 352 g/mol. The molecule has 23 heavy (non-hydrogen) atoms. The average Bonchev–Trinajstić information content (AvgIpc) is 2.53. The van der Waals surface area contributed by atoms with Crippen LogP contribution in [0.25, 0.3) is 0 Å². The number of carbonyl (C=O) groups excluding carboxylic acids is 1. The lowest BCUT2D eigenvalue weighted by molar-refractivity contribution is -0.117. The van der Waals surface area contributed by atoms with E-state index in [2.05, 4.69) is 5.32 Å². The molecule has 122 valence electrons. The highest BCUT2D eigenvalue weighted by Gasteiger charge is 2.10. The van der Waals surface area contributed by atoms with Gasteiger partial charge in [0.15, 0.2) is 0 Å². The van der Waals surface area contributed by atoms with Crippen LogP contribution in [0.5, 0.6) is 5.75 Å². The van der Waals surface area contributed by atoms with E-state index in [4.69, 9.17) is 27.9 Å². The number of para-hydroxylation sites is 1. The lowest BCUT2D eigenvalue weighted by Crippen LogP contribution is -2.33. The maximum Gasteiger partial charge on any atom is 0.238 e. The molecule has 4 nitrogen and oxygen atoms in total. The van der Waals surface area contributed by atoms with Crippen LogP contribution in [0.2, 0.25) is 10.0 Å². The molecule has 0 heterocycles. The van der Waals surface area contributed by atoms with E-state index in [1.165, 1.54) is 0 Å². The topological polar surface area (TPSA) is 41.6 Å². The summed E-state index contributed by atoms with van der Waals surface area (Å²) in [6.45, 7) is 1.37. The zero-order valence-electron chi connectivity index (χ0n) is 12.8. The number of ether oxygens (including phenoxy) is 1. The Kier molecular flexibility index (Phi) is 6.71. The van der Waals surface area contributed by atoms with Gasteiger partial charge < -0.3 is 10.1 Å². The van der Waals surface area contributed by atoms with Gasteiger partial charge in [-0.1, -0.05) is 47.5 Å². The van der Waals surface area contributed by atoms with Crippen LogP contribution in [-0.4, -0.2) is 37.6 Å². The van der Waals surface area contributed by atoms with Crippen molar-refractivity contribution in [1.82, 2.24) is 4.90 Å². The smallest absolute Gasteiger partial charge is 0.238 e. The number of carbonyl (C=O) groups is 1. The fourth-order valence-electron chi connectivity index (χ4n) is 1.95. The summed E-state index contributed by atoms with van der Waals surface area (Å²) in [5, 5.41) is 3.51. The first-order valence-corrected chi connectivity index (χ1v) is 7.92. The number of rotatable bonds is 7. The molecule has 0 radical (unpaired) electrons. The van der Waals surface area contributed by atoms with Gasteiger partial charge in [0, 0.05) is 6.54 Å². The van der Waals surface area contributed by atoms with Gasteiger partial charge in [-0.25, -0.2) is 0 Å². The molecule has 2 rings (SSSR count). The van der Waals surface area contributed by atoms with Crippen LogP contribution in [0.4, 0.5) is 5.69 Å². The Morgan fingerprint density at radius 1 is 1.13 bits per heavy atom. The van der Waals surface area contributed by atoms with Crippen molar-refractivity contribution in [1.29, 1.82) is 0 Å². The van der Waals surface area contributed by atoms with Crippen molar-refractivity contribution in [2.24, 2.45) is 0 Å². The van der Waals surface area contributed by atoms with Crippen LogP contribution in [0.1, 0.15) is 0 Å². The Balaban J connectivity index is 1.75. The molecular formula is C17H18Cl2N2O2. The van der Waals surface area contributed by atoms with Crippen LogP contribution < -0.4 is 10.1 Å². The molecule has 0 fully saturated rings. The minimum atomic E-state index is -0.156. The van der Waals surface area contributed by atoms with E-state index in [1.807, 2.05) is 42.3 Å². The number of benzene rings is 2. The molecule has 0 saturated carbocycles. The summed E-state index contributed by atoms with van der Waals surface area (Å²) in [4.78, 5) is 13.9. The number of halogens is 2. The molecule has 2 aromatic carbocycles. The minimum Gasteiger partial charge on any atom is -0.492 e. The predicted octanol–water partition coefficient (Wildman–Crippen LogP) is 3.94. The molecule has 0 unspecified atom stereocenters. The molecule has 0 spiro atoms. The zero-order chi connectivity index (χ0) is 16.7. The van der Waals surface area contributed by atoms with Gasteiger partial charge in [-0.3, -0.25) is 9.69 Å². The quantitative estimate of drug-likeness (QED) is 0.820. The third-order valence-corrected chi connectivity index (χ3v) is 3.94. The standard InChI is InChI=1S/C17H18Cl2N2O2/c1-21(10-11-23-13-6-3-2-4-7-13)12-16(22)20-15-9-5-8-14(18)17(15)19/h2-9H,10-12H2,1H3,(H,20,22). The first kappa shape index (κ1) is 17.6. The van der Waals surface area contributed by atoms with Crippen LogP contribution in [0.3, 0.4) is 0 Å². The molecule has 0 aliphatic rings. The molecule has 0 aliphatic heterocycles. The van der Waals surface area contributed by atoms with Gasteiger partial charge in [-0.2, -0.15) is 0 Å². The largest absolute Gasteiger partial charge is 0.492 e. The van der Waals surface area contributed by atoms with Crippen LogP contribution in [0.15, 0.2) is 48.5 Å². The molecule has 2 aromatic rings. The van der Waals surface area contributed by atoms with Gasteiger partial charge in [0.05, 0.1) is 22.3 Å². The molecule has 0 bridgehead atoms. The summed E-state index contributed by atoms with van der Waals surface area (Å²) < 4.78 is 5.60. The molecular weight excluding hydrogens is 335 g/mol. The highest BCUT2D eigenvalue weighted by Crippen LogP contribution is 2.29. The first-order valence-electron chi connectivity index (χ1n) is 7.16. The molecule has 0 saturated heterocycles. The second-order valence-corrected chi connectivity index (χ2v) is 5.83. The summed E-state index contributed by atoms with van der Waals surface area (Å²) in [5.74, 6) is 0.660. The van der Waals surface area contributed by atoms with Crippen LogP contribution in [-0.2, 0) is 4.79 Å². The van der Waals surface area contributed by atoms with Crippen molar-refractivity contribution in [3.05, 3.63) is 58.6 Å². The van der Waals surface area contributed by atoms with Gasteiger partial charge in [0.25, 0.3) is 0 Å². The average molecular weight is 353 g/mol. The van der Waals surface area contributed by atoms with E-state index in [-0.39, 0.29) is 12.5 Å². The van der Waals surface area contributed by atoms with Crippen molar-refractivity contribution in [2.75, 3.05) is 32.1 Å². The van der Waals surface area contributed by atoms with Gasteiger partial charge in [-0.15, -0.1) is 0 Å². The Bertz CT molecular complexity index is 650. The second kappa shape index (κ2) is 8.77. The predicted molar refractivity (Wildman–Crippen MR) is 94.5 cm³/mol. The Morgan fingerprint density at radius 2 is 1.87 bits per heavy atom. The highest BCUT2D eigenvalue weighted by molar-refractivity contribution is 6.43. The van der Waals surface area contributed by atoms with Crippen LogP contribution >= 0.6 is 23.2 Å². The number of likely N-dealkylation sites (N-methyl/N-ethyl adjacent to an activating group) is 1. The number of nitrogens with zero attached hydrogens (tertiary/aromatic N) is 1. The van der Waals surface area contributed by atoms with Crippen molar-refractivity contribution >= 4 is 34.8 Å². The lowest BCUT2D eigenvalue weighted by Gasteiger charge is -2.17. The van der Waals surface area contributed by atoms with Crippen molar-refractivity contribution in [3.8, 4) is 5.75 Å². The van der Waals surface area contributed by atoms with E-state index >= 15 is 0 Å². The number of amides is 1. The van der Waals surface area contributed by atoms with E-state index in [0.29, 0.717) is 28.9 Å². The van der Waals surface area contributed by atoms with Gasteiger partial charge in [0.2, 0.25) is 5.91 Å². The van der Waals surface area contributed by atoms with Crippen molar-refractivity contribution < 1.29 is 9.53 Å². The van der Waals surface area contributed by atoms with Crippen LogP contribution in [0, 0.1) is 0 Å². The second-order valence-electron chi connectivity index (χ2n) is 5.05.